The van der Waals surface area contributed by atoms with E-state index in [1.165, 1.54) is 4.31 Å². The molecule has 20 heavy (non-hydrogen) atoms. The van der Waals surface area contributed by atoms with Crippen molar-refractivity contribution in [2.75, 3.05) is 20.2 Å². The van der Waals surface area contributed by atoms with Crippen molar-refractivity contribution in [3.8, 4) is 0 Å². The fourth-order valence-corrected chi connectivity index (χ4v) is 4.12. The Kier molecular flexibility index (Phi) is 4.74. The van der Waals surface area contributed by atoms with Crippen LogP contribution in [0.25, 0.3) is 0 Å². The molecule has 110 valence electrons. The third kappa shape index (κ3) is 3.35. The van der Waals surface area contributed by atoms with Gasteiger partial charge in [-0.2, -0.15) is 4.31 Å². The number of rotatable bonds is 5. The molecule has 1 aliphatic heterocycles. The molecule has 1 unspecified atom stereocenters. The average Bonchev–Trinajstić information content (AvgIpc) is 2.88. The van der Waals surface area contributed by atoms with Gasteiger partial charge in [0.25, 0.3) is 0 Å². The highest BCUT2D eigenvalue weighted by Gasteiger charge is 2.31. The minimum atomic E-state index is -3.37. The molecule has 0 spiro atoms. The van der Waals surface area contributed by atoms with Crippen molar-refractivity contribution < 1.29 is 13.2 Å². The Morgan fingerprint density at radius 1 is 1.50 bits per heavy atom. The maximum Gasteiger partial charge on any atom is 0.218 e. The van der Waals surface area contributed by atoms with E-state index in [9.17, 15) is 8.42 Å². The molecule has 0 saturated carbocycles. The van der Waals surface area contributed by atoms with Crippen molar-refractivity contribution in [2.45, 2.75) is 18.3 Å². The highest BCUT2D eigenvalue weighted by Crippen LogP contribution is 2.20. The van der Waals surface area contributed by atoms with Gasteiger partial charge in [0.2, 0.25) is 10.0 Å². The first kappa shape index (κ1) is 15.4. The number of ether oxygens (including phenoxy) is 1. The maximum absolute atomic E-state index is 12.4. The van der Waals surface area contributed by atoms with E-state index in [4.69, 9.17) is 22.7 Å². The van der Waals surface area contributed by atoms with E-state index in [0.717, 1.165) is 6.42 Å². The minimum Gasteiger partial charge on any atom is -0.389 e. The summed E-state index contributed by atoms with van der Waals surface area (Å²) in [5.41, 5.74) is 6.89. The van der Waals surface area contributed by atoms with Crippen LogP contribution >= 0.6 is 12.2 Å². The average molecular weight is 314 g/mol. The molecule has 1 heterocycles. The third-order valence-electron chi connectivity index (χ3n) is 3.46. The zero-order valence-electron chi connectivity index (χ0n) is 11.3. The van der Waals surface area contributed by atoms with Crippen LogP contribution in [0.15, 0.2) is 24.3 Å². The molecule has 1 aromatic carbocycles. The summed E-state index contributed by atoms with van der Waals surface area (Å²) in [5.74, 6) is -0.0864. The number of sulfonamides is 1. The quantitative estimate of drug-likeness (QED) is 0.817. The van der Waals surface area contributed by atoms with E-state index in [0.29, 0.717) is 24.2 Å². The van der Waals surface area contributed by atoms with Crippen LogP contribution in [0.4, 0.5) is 0 Å². The van der Waals surface area contributed by atoms with Crippen LogP contribution in [0.3, 0.4) is 0 Å². The predicted molar refractivity (Wildman–Crippen MR) is 81.9 cm³/mol. The van der Waals surface area contributed by atoms with E-state index in [1.807, 2.05) is 0 Å². The van der Waals surface area contributed by atoms with Gasteiger partial charge in [-0.1, -0.05) is 36.5 Å². The summed E-state index contributed by atoms with van der Waals surface area (Å²) in [6.45, 7) is 0.907. The van der Waals surface area contributed by atoms with E-state index >= 15 is 0 Å². The SMILES string of the molecule is COC1CCN(S(=O)(=O)Cc2ccccc2C(N)=S)C1. The first-order chi connectivity index (χ1) is 9.44. The zero-order chi connectivity index (χ0) is 14.8. The summed E-state index contributed by atoms with van der Waals surface area (Å²) in [6.07, 6.45) is 0.711. The van der Waals surface area contributed by atoms with Crippen molar-refractivity contribution in [3.05, 3.63) is 35.4 Å². The van der Waals surface area contributed by atoms with Gasteiger partial charge >= 0.3 is 0 Å². The second-order valence-electron chi connectivity index (χ2n) is 4.78. The predicted octanol–water partition coefficient (Wildman–Crippen LogP) is 0.871. The number of benzene rings is 1. The normalized spacial score (nSPS) is 20.1. The van der Waals surface area contributed by atoms with E-state index in [1.54, 1.807) is 31.4 Å². The van der Waals surface area contributed by atoms with Gasteiger partial charge in [0.1, 0.15) is 4.99 Å². The molecule has 5 nitrogen and oxygen atoms in total. The van der Waals surface area contributed by atoms with Crippen LogP contribution in [0, 0.1) is 0 Å². The molecule has 1 aliphatic rings. The van der Waals surface area contributed by atoms with Crippen LogP contribution in [0.5, 0.6) is 0 Å². The van der Waals surface area contributed by atoms with Crippen LogP contribution in [0.2, 0.25) is 0 Å². The number of nitrogens with zero attached hydrogens (tertiary/aromatic N) is 1. The van der Waals surface area contributed by atoms with E-state index < -0.39 is 10.0 Å². The second kappa shape index (κ2) is 6.17. The number of nitrogens with two attached hydrogens (primary N) is 1. The fraction of sp³-hybridized carbons (Fsp3) is 0.462. The largest absolute Gasteiger partial charge is 0.389 e. The summed E-state index contributed by atoms with van der Waals surface area (Å²) < 4.78 is 31.5. The molecule has 2 N–H and O–H groups in total. The Labute approximate surface area is 124 Å². The summed E-state index contributed by atoms with van der Waals surface area (Å²) >= 11 is 4.96. The summed E-state index contributed by atoms with van der Waals surface area (Å²) in [4.78, 5) is 0.215. The fourth-order valence-electron chi connectivity index (χ4n) is 2.32. The maximum atomic E-state index is 12.4. The Balaban J connectivity index is 2.19. The van der Waals surface area contributed by atoms with Crippen molar-refractivity contribution in [2.24, 2.45) is 5.73 Å². The Morgan fingerprint density at radius 3 is 2.80 bits per heavy atom. The molecule has 0 amide bonds. The van der Waals surface area contributed by atoms with Crippen LogP contribution in [0.1, 0.15) is 17.5 Å². The number of hydrogen-bond acceptors (Lipinski definition) is 4. The number of thiocarbonyl (C=S) groups is 1. The lowest BCUT2D eigenvalue weighted by Crippen LogP contribution is -2.31. The van der Waals surface area contributed by atoms with Crippen molar-refractivity contribution >= 4 is 27.2 Å². The first-order valence-corrected chi connectivity index (χ1v) is 8.34. The smallest absolute Gasteiger partial charge is 0.218 e. The standard InChI is InChI=1S/C13H18N2O3S2/c1-18-11-6-7-15(8-11)20(16,17)9-10-4-2-3-5-12(10)13(14)19/h2-5,11H,6-9H2,1H3,(H2,14,19). The van der Waals surface area contributed by atoms with Gasteiger partial charge in [0.05, 0.1) is 11.9 Å². The van der Waals surface area contributed by atoms with Gasteiger partial charge in [-0.25, -0.2) is 8.42 Å². The van der Waals surface area contributed by atoms with Crippen molar-refractivity contribution in [1.82, 2.24) is 4.31 Å². The van der Waals surface area contributed by atoms with Gasteiger partial charge in [0, 0.05) is 25.8 Å². The highest BCUT2D eigenvalue weighted by atomic mass is 32.2. The van der Waals surface area contributed by atoms with Crippen LogP contribution in [-0.4, -0.2) is 44.0 Å². The molecule has 7 heteroatoms. The Hall–Kier alpha value is -1.02. The van der Waals surface area contributed by atoms with Crippen molar-refractivity contribution in [3.63, 3.8) is 0 Å². The van der Waals surface area contributed by atoms with Gasteiger partial charge < -0.3 is 10.5 Å². The van der Waals surface area contributed by atoms with Gasteiger partial charge in [0.15, 0.2) is 0 Å². The third-order valence-corrected chi connectivity index (χ3v) is 5.47. The number of hydrogen-bond donors (Lipinski definition) is 1. The number of methoxy groups -OCH3 is 1. The molecular formula is C13H18N2O3S2. The van der Waals surface area contributed by atoms with Gasteiger partial charge in [-0.3, -0.25) is 0 Å². The molecule has 0 radical (unpaired) electrons. The van der Waals surface area contributed by atoms with Crippen LogP contribution < -0.4 is 5.73 Å². The molecule has 1 saturated heterocycles. The monoisotopic (exact) mass is 314 g/mol. The lowest BCUT2D eigenvalue weighted by molar-refractivity contribution is 0.115. The molecule has 0 aromatic heterocycles. The Morgan fingerprint density at radius 2 is 2.20 bits per heavy atom. The molecular weight excluding hydrogens is 296 g/mol. The topological polar surface area (TPSA) is 72.6 Å². The highest BCUT2D eigenvalue weighted by molar-refractivity contribution is 7.88. The summed E-state index contributed by atoms with van der Waals surface area (Å²) in [7, 11) is -1.77. The Bertz CT molecular complexity index is 601. The second-order valence-corrected chi connectivity index (χ2v) is 7.19. The molecule has 0 bridgehead atoms. The lowest BCUT2D eigenvalue weighted by Gasteiger charge is -2.17. The van der Waals surface area contributed by atoms with Gasteiger partial charge in [-0.05, 0) is 12.0 Å². The van der Waals surface area contributed by atoms with Crippen LogP contribution in [-0.2, 0) is 20.5 Å². The first-order valence-electron chi connectivity index (χ1n) is 6.32. The van der Waals surface area contributed by atoms with E-state index in [-0.39, 0.29) is 16.8 Å². The summed E-state index contributed by atoms with van der Waals surface area (Å²) in [5, 5.41) is 0. The minimum absolute atomic E-state index is 0.0180. The summed E-state index contributed by atoms with van der Waals surface area (Å²) in [6, 6.07) is 7.07. The molecule has 1 atom stereocenters. The molecule has 0 aliphatic carbocycles. The molecule has 1 fully saturated rings. The lowest BCUT2D eigenvalue weighted by atomic mass is 10.1. The molecule has 1 aromatic rings. The van der Waals surface area contributed by atoms with Gasteiger partial charge in [-0.15, -0.1) is 0 Å². The molecule has 2 rings (SSSR count). The zero-order valence-corrected chi connectivity index (χ0v) is 12.9. The van der Waals surface area contributed by atoms with Crippen molar-refractivity contribution in [1.29, 1.82) is 0 Å². The van der Waals surface area contributed by atoms with E-state index in [2.05, 4.69) is 0 Å².